The van der Waals surface area contributed by atoms with Crippen LogP contribution in [0, 0.1) is 5.82 Å². The highest BCUT2D eigenvalue weighted by Gasteiger charge is 2.31. The predicted octanol–water partition coefficient (Wildman–Crippen LogP) is 7.60. The molecule has 2 heterocycles. The average molecular weight is 566 g/mol. The van der Waals surface area contributed by atoms with E-state index in [1.54, 1.807) is 6.07 Å². The number of nitrogens with zero attached hydrogens (tertiary/aromatic N) is 2. The Labute approximate surface area is 205 Å². The Hall–Kier alpha value is -1.71. The molecule has 162 valence electrons. The lowest BCUT2D eigenvalue weighted by molar-refractivity contribution is 0.390. The van der Waals surface area contributed by atoms with Crippen LogP contribution in [0.5, 0.6) is 11.5 Å². The summed E-state index contributed by atoms with van der Waals surface area (Å²) in [5.74, 6) is 0.961. The Balaban J connectivity index is 1.77. The first-order valence-corrected chi connectivity index (χ1v) is 11.6. The molecule has 0 bridgehead atoms. The summed E-state index contributed by atoms with van der Waals surface area (Å²) in [6.45, 7) is 0.231. The molecule has 0 atom stereocenters. The van der Waals surface area contributed by atoms with Crippen LogP contribution in [-0.4, -0.2) is 26.7 Å². The van der Waals surface area contributed by atoms with Crippen LogP contribution in [-0.2, 0) is 0 Å². The zero-order valence-electron chi connectivity index (χ0n) is 16.1. The van der Waals surface area contributed by atoms with Gasteiger partial charge in [-0.2, -0.15) is 0 Å². The van der Waals surface area contributed by atoms with Gasteiger partial charge in [-0.1, -0.05) is 34.8 Å². The summed E-state index contributed by atoms with van der Waals surface area (Å²) < 4.78 is 24.9. The Morgan fingerprint density at radius 1 is 1.13 bits per heavy atom. The third kappa shape index (κ3) is 3.96. The summed E-state index contributed by atoms with van der Waals surface area (Å²) in [7, 11) is 3.03. The molecular formula is C20H14BrCl3FN3O2S. The molecule has 1 N–H and O–H groups in total. The van der Waals surface area contributed by atoms with E-state index in [2.05, 4.69) is 26.2 Å². The molecule has 11 heteroatoms. The summed E-state index contributed by atoms with van der Waals surface area (Å²) in [6, 6.07) is 6.36. The Morgan fingerprint density at radius 3 is 2.42 bits per heavy atom. The Morgan fingerprint density at radius 2 is 1.81 bits per heavy atom. The van der Waals surface area contributed by atoms with Crippen molar-refractivity contribution < 1.29 is 13.9 Å². The molecular weight excluding hydrogens is 552 g/mol. The largest absolute Gasteiger partial charge is 0.494 e. The minimum atomic E-state index is -0.483. The van der Waals surface area contributed by atoms with Crippen LogP contribution in [0.15, 0.2) is 39.1 Å². The normalized spacial score (nSPS) is 13.0. The van der Waals surface area contributed by atoms with Crippen molar-refractivity contribution in [1.29, 1.82) is 0 Å². The number of amidine groups is 1. The quantitative estimate of drug-likeness (QED) is 0.354. The van der Waals surface area contributed by atoms with Crippen molar-refractivity contribution >= 4 is 85.0 Å². The van der Waals surface area contributed by atoms with Crippen LogP contribution in [0.25, 0.3) is 0 Å². The van der Waals surface area contributed by atoms with Gasteiger partial charge in [-0.3, -0.25) is 0 Å². The van der Waals surface area contributed by atoms with Crippen LogP contribution in [0.4, 0.5) is 21.5 Å². The Bertz CT molecular complexity index is 1170. The van der Waals surface area contributed by atoms with E-state index >= 15 is 0 Å². The number of thiophene rings is 1. The first-order valence-electron chi connectivity index (χ1n) is 8.77. The molecule has 0 unspecified atom stereocenters. The van der Waals surface area contributed by atoms with Crippen molar-refractivity contribution in [3.8, 4) is 11.5 Å². The highest BCUT2D eigenvalue weighted by Crippen LogP contribution is 2.54. The van der Waals surface area contributed by atoms with Gasteiger partial charge in [-0.15, -0.1) is 11.3 Å². The van der Waals surface area contributed by atoms with E-state index in [1.807, 2.05) is 16.3 Å². The molecule has 4 rings (SSSR count). The van der Waals surface area contributed by atoms with Gasteiger partial charge in [0.05, 0.1) is 35.5 Å². The molecule has 1 aromatic heterocycles. The number of rotatable bonds is 4. The van der Waals surface area contributed by atoms with Crippen molar-refractivity contribution in [2.24, 2.45) is 4.99 Å². The van der Waals surface area contributed by atoms with Gasteiger partial charge >= 0.3 is 0 Å². The minimum Gasteiger partial charge on any atom is -0.494 e. The first kappa shape index (κ1) is 22.5. The van der Waals surface area contributed by atoms with Crippen LogP contribution < -0.4 is 19.7 Å². The fourth-order valence-corrected chi connectivity index (χ4v) is 5.96. The summed E-state index contributed by atoms with van der Waals surface area (Å²) in [5.41, 5.74) is 2.00. The van der Waals surface area contributed by atoms with Gasteiger partial charge < -0.3 is 19.7 Å². The number of hydrogen-bond donors (Lipinski definition) is 1. The molecule has 0 saturated heterocycles. The highest BCUT2D eigenvalue weighted by atomic mass is 79.9. The molecule has 3 aromatic rings. The molecule has 5 nitrogen and oxygen atoms in total. The van der Waals surface area contributed by atoms with Gasteiger partial charge in [0.2, 0.25) is 0 Å². The number of fused-ring (bicyclic) bond motifs is 1. The number of aliphatic imine (C=N–C) groups is 1. The number of ether oxygens (including phenoxy) is 2. The van der Waals surface area contributed by atoms with E-state index in [0.717, 1.165) is 10.6 Å². The van der Waals surface area contributed by atoms with Gasteiger partial charge in [0, 0.05) is 5.69 Å². The SMILES string of the molecule is COc1c(Cl)c(N2CN=C(Nc3ccc(F)c(Cl)c3)c3sccc32)c(Cl)c(OC)c1Br. The van der Waals surface area contributed by atoms with E-state index in [-0.39, 0.29) is 11.7 Å². The maximum absolute atomic E-state index is 13.5. The summed E-state index contributed by atoms with van der Waals surface area (Å²) >= 11 is 24.2. The highest BCUT2D eigenvalue weighted by molar-refractivity contribution is 9.10. The molecule has 1 aliphatic heterocycles. The van der Waals surface area contributed by atoms with Gasteiger partial charge in [0.25, 0.3) is 0 Å². The van der Waals surface area contributed by atoms with Gasteiger partial charge in [-0.25, -0.2) is 9.38 Å². The van der Waals surface area contributed by atoms with E-state index < -0.39 is 5.82 Å². The number of nitrogens with one attached hydrogen (secondary N) is 1. The predicted molar refractivity (Wildman–Crippen MR) is 130 cm³/mol. The molecule has 31 heavy (non-hydrogen) atoms. The monoisotopic (exact) mass is 563 g/mol. The van der Waals surface area contributed by atoms with E-state index in [4.69, 9.17) is 44.3 Å². The topological polar surface area (TPSA) is 46.1 Å². The summed E-state index contributed by atoms with van der Waals surface area (Å²) in [5, 5.41) is 5.83. The lowest BCUT2D eigenvalue weighted by Gasteiger charge is -2.30. The van der Waals surface area contributed by atoms with Gasteiger partial charge in [0.1, 0.15) is 32.8 Å². The maximum Gasteiger partial charge on any atom is 0.157 e. The van der Waals surface area contributed by atoms with Crippen LogP contribution in [0.3, 0.4) is 0 Å². The second kappa shape index (κ2) is 9.03. The lowest BCUT2D eigenvalue weighted by atomic mass is 10.2. The van der Waals surface area contributed by atoms with Gasteiger partial charge in [0.15, 0.2) is 11.5 Å². The third-order valence-electron chi connectivity index (χ3n) is 4.59. The molecule has 0 spiro atoms. The van der Waals surface area contributed by atoms with Crippen LogP contribution in [0.1, 0.15) is 4.88 Å². The number of halogens is 5. The summed E-state index contributed by atoms with van der Waals surface area (Å²) in [4.78, 5) is 7.40. The second-order valence-corrected chi connectivity index (χ2v) is 9.19. The number of methoxy groups -OCH3 is 2. The fraction of sp³-hybridized carbons (Fsp3) is 0.150. The van der Waals surface area contributed by atoms with Crippen molar-refractivity contribution in [2.75, 3.05) is 31.1 Å². The van der Waals surface area contributed by atoms with Crippen molar-refractivity contribution in [3.63, 3.8) is 0 Å². The van der Waals surface area contributed by atoms with E-state index in [1.165, 1.54) is 37.7 Å². The molecule has 0 amide bonds. The standard InChI is InChI=1S/C20H14BrCl3FN3O2S/c1-29-17-13(21)18(30-2)15(24)16(14(17)23)28-8-26-20(19-12(28)5-6-31-19)27-9-3-4-11(25)10(22)7-9/h3-7H,8H2,1-2H3,(H,26,27). The molecule has 1 aliphatic rings. The third-order valence-corrected chi connectivity index (χ3v) is 7.22. The maximum atomic E-state index is 13.5. The smallest absolute Gasteiger partial charge is 0.157 e. The van der Waals surface area contributed by atoms with Crippen molar-refractivity contribution in [3.05, 3.63) is 59.9 Å². The number of benzene rings is 2. The molecule has 2 aromatic carbocycles. The van der Waals surface area contributed by atoms with Crippen LogP contribution >= 0.6 is 62.1 Å². The van der Waals surface area contributed by atoms with E-state index in [0.29, 0.717) is 43.2 Å². The van der Waals surface area contributed by atoms with E-state index in [9.17, 15) is 4.39 Å². The lowest BCUT2D eigenvalue weighted by Crippen LogP contribution is -2.28. The minimum absolute atomic E-state index is 0.0297. The van der Waals surface area contributed by atoms with Crippen molar-refractivity contribution in [1.82, 2.24) is 0 Å². The number of anilines is 3. The van der Waals surface area contributed by atoms with Crippen LogP contribution in [0.2, 0.25) is 15.1 Å². The zero-order valence-corrected chi connectivity index (χ0v) is 20.8. The molecule has 0 saturated carbocycles. The Kier molecular flexibility index (Phi) is 6.55. The molecule has 0 fully saturated rings. The van der Waals surface area contributed by atoms with Crippen molar-refractivity contribution in [2.45, 2.75) is 0 Å². The second-order valence-electron chi connectivity index (χ2n) is 6.32. The first-order chi connectivity index (χ1) is 14.9. The molecule has 0 radical (unpaired) electrons. The molecule has 0 aliphatic carbocycles. The fourth-order valence-electron chi connectivity index (χ4n) is 3.18. The average Bonchev–Trinajstić information content (AvgIpc) is 3.23. The van der Waals surface area contributed by atoms with Gasteiger partial charge in [-0.05, 0) is 45.6 Å². The summed E-state index contributed by atoms with van der Waals surface area (Å²) in [6.07, 6.45) is 0. The zero-order chi connectivity index (χ0) is 22.3. The number of hydrogen-bond acceptors (Lipinski definition) is 6.